The first-order valence-corrected chi connectivity index (χ1v) is 10.4. The summed E-state index contributed by atoms with van der Waals surface area (Å²) in [6.45, 7) is 0. The molecule has 1 aliphatic rings. The first-order chi connectivity index (χ1) is 12.7. The van der Waals surface area contributed by atoms with E-state index in [-0.39, 0.29) is 11.9 Å². The fourth-order valence-corrected chi connectivity index (χ4v) is 4.74. The van der Waals surface area contributed by atoms with Gasteiger partial charge in [0.05, 0.1) is 21.6 Å². The Morgan fingerprint density at radius 2 is 2.15 bits per heavy atom. The molecule has 0 saturated heterocycles. The van der Waals surface area contributed by atoms with Crippen molar-refractivity contribution < 1.29 is 4.39 Å². The molecule has 3 nitrogen and oxygen atoms in total. The van der Waals surface area contributed by atoms with Crippen molar-refractivity contribution in [1.29, 1.82) is 0 Å². The number of nitrogens with zero attached hydrogens (tertiary/aromatic N) is 1. The largest absolute Gasteiger partial charge is 0.377 e. The van der Waals surface area contributed by atoms with Gasteiger partial charge in [-0.3, -0.25) is 0 Å². The lowest BCUT2D eigenvalue weighted by atomic mass is 9.87. The molecule has 0 bridgehead atoms. The Balaban J connectivity index is 1.52. The zero-order chi connectivity index (χ0) is 17.9. The summed E-state index contributed by atoms with van der Waals surface area (Å²) < 4.78 is 17.6. The van der Waals surface area contributed by atoms with E-state index in [1.807, 2.05) is 11.4 Å². The normalized spacial score (nSPS) is 16.2. The van der Waals surface area contributed by atoms with Gasteiger partial charge in [0.25, 0.3) is 0 Å². The molecule has 2 aromatic carbocycles. The predicted octanol–water partition coefficient (Wildman–Crippen LogP) is 6.54. The smallest absolute Gasteiger partial charge is 0.192 e. The number of nitrogens with one attached hydrogen (secondary N) is 2. The minimum atomic E-state index is -0.310. The van der Waals surface area contributed by atoms with Crippen LogP contribution in [0.1, 0.15) is 30.0 Å². The fraction of sp³-hybridized carbons (Fsp3) is 0.211. The molecule has 1 aliphatic carbocycles. The second-order valence-electron chi connectivity index (χ2n) is 6.09. The molecule has 26 heavy (non-hydrogen) atoms. The summed E-state index contributed by atoms with van der Waals surface area (Å²) in [7, 11) is 0. The number of anilines is 2. The van der Waals surface area contributed by atoms with Crippen LogP contribution in [0.4, 0.5) is 15.2 Å². The van der Waals surface area contributed by atoms with E-state index in [0.717, 1.165) is 24.4 Å². The van der Waals surface area contributed by atoms with Gasteiger partial charge in [-0.05, 0) is 54.5 Å². The Morgan fingerprint density at radius 1 is 1.27 bits per heavy atom. The highest BCUT2D eigenvalue weighted by molar-refractivity contribution is 8.00. The van der Waals surface area contributed by atoms with Gasteiger partial charge in [-0.2, -0.15) is 0 Å². The summed E-state index contributed by atoms with van der Waals surface area (Å²) in [5.41, 5.74) is 3.26. The molecular formula is C19H17ClFN3S2. The Labute approximate surface area is 165 Å². The van der Waals surface area contributed by atoms with Crippen LogP contribution < -0.4 is 10.0 Å². The number of hydrogen-bond donors (Lipinski definition) is 2. The molecule has 0 fully saturated rings. The molecule has 1 heterocycles. The molecule has 1 atom stereocenters. The summed E-state index contributed by atoms with van der Waals surface area (Å²) in [6.07, 6.45) is 4.91. The zero-order valence-corrected chi connectivity index (χ0v) is 16.2. The van der Waals surface area contributed by atoms with Gasteiger partial charge in [-0.25, -0.2) is 9.37 Å². The van der Waals surface area contributed by atoms with Crippen LogP contribution >= 0.6 is 34.9 Å². The minimum absolute atomic E-state index is 0.156. The third-order valence-corrected chi connectivity index (χ3v) is 6.36. The van der Waals surface area contributed by atoms with E-state index in [1.165, 1.54) is 40.5 Å². The summed E-state index contributed by atoms with van der Waals surface area (Å²) in [5, 5.41) is 6.53. The first-order valence-electron chi connectivity index (χ1n) is 8.36. The zero-order valence-electron chi connectivity index (χ0n) is 13.8. The van der Waals surface area contributed by atoms with Crippen LogP contribution in [-0.4, -0.2) is 4.98 Å². The van der Waals surface area contributed by atoms with Crippen molar-refractivity contribution in [2.45, 2.75) is 30.2 Å². The maximum absolute atomic E-state index is 14.5. The van der Waals surface area contributed by atoms with Crippen molar-refractivity contribution in [3.63, 3.8) is 0 Å². The highest BCUT2D eigenvalue weighted by Crippen LogP contribution is 2.37. The molecule has 1 unspecified atom stereocenters. The predicted molar refractivity (Wildman–Crippen MR) is 109 cm³/mol. The third kappa shape index (κ3) is 3.82. The van der Waals surface area contributed by atoms with E-state index in [4.69, 9.17) is 11.6 Å². The standard InChI is InChI=1S/C19H17ClFN3S2/c20-14-10-18(26-24-19-22-8-9-25-19)15(21)11-17(14)23-16-7-3-5-12-4-1-2-6-13(12)16/h1-2,4,6,8-11,16,23H,3,5,7H2,(H,22,24). The van der Waals surface area contributed by atoms with Crippen molar-refractivity contribution >= 4 is 45.7 Å². The lowest BCUT2D eigenvalue weighted by Crippen LogP contribution is -2.17. The average molecular weight is 406 g/mol. The maximum atomic E-state index is 14.5. The highest BCUT2D eigenvalue weighted by atomic mass is 35.5. The van der Waals surface area contributed by atoms with E-state index in [0.29, 0.717) is 15.6 Å². The Bertz CT molecular complexity index is 902. The number of thiazole rings is 1. The molecule has 4 rings (SSSR count). The number of rotatable bonds is 5. The second kappa shape index (κ2) is 7.86. The highest BCUT2D eigenvalue weighted by Gasteiger charge is 2.21. The number of benzene rings is 2. The van der Waals surface area contributed by atoms with Crippen molar-refractivity contribution in [2.24, 2.45) is 0 Å². The molecule has 2 N–H and O–H groups in total. The Hall–Kier alpha value is -1.76. The summed E-state index contributed by atoms with van der Waals surface area (Å²) in [5.74, 6) is -0.310. The third-order valence-electron chi connectivity index (χ3n) is 4.40. The van der Waals surface area contributed by atoms with Gasteiger partial charge in [0.1, 0.15) is 5.82 Å². The van der Waals surface area contributed by atoms with Gasteiger partial charge >= 0.3 is 0 Å². The Morgan fingerprint density at radius 3 is 3.00 bits per heavy atom. The van der Waals surface area contributed by atoms with E-state index in [9.17, 15) is 4.39 Å². The van der Waals surface area contributed by atoms with Crippen molar-refractivity contribution in [3.05, 3.63) is 69.9 Å². The summed E-state index contributed by atoms with van der Waals surface area (Å²) >= 11 is 9.06. The van der Waals surface area contributed by atoms with Gasteiger partial charge < -0.3 is 10.0 Å². The first kappa shape index (κ1) is 17.6. The number of aryl methyl sites for hydroxylation is 1. The number of halogens is 2. The van der Waals surface area contributed by atoms with Crippen LogP contribution in [0.5, 0.6) is 0 Å². The van der Waals surface area contributed by atoms with Gasteiger partial charge in [-0.1, -0.05) is 35.9 Å². The summed E-state index contributed by atoms with van der Waals surface area (Å²) in [4.78, 5) is 4.56. The molecular weight excluding hydrogens is 389 g/mol. The van der Waals surface area contributed by atoms with Crippen LogP contribution in [0.15, 0.2) is 52.9 Å². The molecule has 0 saturated carbocycles. The molecule has 0 spiro atoms. The molecule has 3 aromatic rings. The van der Waals surface area contributed by atoms with Crippen LogP contribution in [0.25, 0.3) is 0 Å². The van der Waals surface area contributed by atoms with Gasteiger partial charge in [0, 0.05) is 11.6 Å². The molecule has 7 heteroatoms. The van der Waals surface area contributed by atoms with Crippen LogP contribution in [0.2, 0.25) is 5.02 Å². The maximum Gasteiger partial charge on any atom is 0.192 e. The molecule has 134 valence electrons. The quantitative estimate of drug-likeness (QED) is 0.472. The minimum Gasteiger partial charge on any atom is -0.377 e. The van der Waals surface area contributed by atoms with Gasteiger partial charge in [-0.15, -0.1) is 11.3 Å². The van der Waals surface area contributed by atoms with Crippen LogP contribution in [-0.2, 0) is 6.42 Å². The van der Waals surface area contributed by atoms with Gasteiger partial charge in [0.15, 0.2) is 5.13 Å². The SMILES string of the molecule is Fc1cc(NC2CCCc3ccccc32)c(Cl)cc1SNc1nccs1. The topological polar surface area (TPSA) is 37.0 Å². The molecule has 0 radical (unpaired) electrons. The van der Waals surface area contributed by atoms with E-state index in [2.05, 4.69) is 33.2 Å². The van der Waals surface area contributed by atoms with Crippen LogP contribution in [0.3, 0.4) is 0 Å². The van der Waals surface area contributed by atoms with E-state index in [1.54, 1.807) is 12.3 Å². The Kier molecular flexibility index (Phi) is 5.33. The summed E-state index contributed by atoms with van der Waals surface area (Å²) in [6, 6.07) is 11.7. The van der Waals surface area contributed by atoms with Gasteiger partial charge in [0.2, 0.25) is 0 Å². The van der Waals surface area contributed by atoms with E-state index >= 15 is 0 Å². The van der Waals surface area contributed by atoms with E-state index < -0.39 is 0 Å². The molecule has 1 aromatic heterocycles. The fourth-order valence-electron chi connectivity index (χ4n) is 3.18. The lowest BCUT2D eigenvalue weighted by Gasteiger charge is -2.27. The molecule has 0 aliphatic heterocycles. The number of hydrogen-bond acceptors (Lipinski definition) is 5. The second-order valence-corrected chi connectivity index (χ2v) is 8.24. The monoisotopic (exact) mass is 405 g/mol. The molecule has 0 amide bonds. The van der Waals surface area contributed by atoms with Crippen molar-refractivity contribution in [1.82, 2.24) is 4.98 Å². The lowest BCUT2D eigenvalue weighted by molar-refractivity contribution is 0.592. The average Bonchev–Trinajstić information content (AvgIpc) is 3.17. The van der Waals surface area contributed by atoms with Crippen molar-refractivity contribution in [3.8, 4) is 0 Å². The number of aromatic nitrogens is 1. The van der Waals surface area contributed by atoms with Crippen molar-refractivity contribution in [2.75, 3.05) is 10.0 Å². The number of fused-ring (bicyclic) bond motifs is 1. The van der Waals surface area contributed by atoms with Crippen LogP contribution in [0, 0.1) is 5.82 Å².